The quantitative estimate of drug-likeness (QED) is 0.535. The molecule has 0 spiro atoms. The molecular formula is C5H5F6NO3. The average molecular weight is 241 g/mol. The van der Waals surface area contributed by atoms with Gasteiger partial charge in [0.15, 0.2) is 0 Å². The number of alkyl carbamates (subject to hydrolysis) is 1. The second-order valence-corrected chi connectivity index (χ2v) is 2.32. The normalized spacial score (nSPS) is 13.6. The zero-order valence-electron chi connectivity index (χ0n) is 7.03. The SMILES string of the molecule is COC(=O)NC(O)(C(F)(F)F)C(F)(F)F. The van der Waals surface area contributed by atoms with Crippen LogP contribution in [0.4, 0.5) is 31.1 Å². The van der Waals surface area contributed by atoms with Crippen LogP contribution in [0.15, 0.2) is 0 Å². The van der Waals surface area contributed by atoms with E-state index in [1.54, 1.807) is 0 Å². The van der Waals surface area contributed by atoms with Crippen LogP contribution in [0.5, 0.6) is 0 Å². The maximum absolute atomic E-state index is 11.9. The van der Waals surface area contributed by atoms with E-state index in [1.165, 1.54) is 0 Å². The Bertz CT molecular complexity index is 232. The fourth-order valence-corrected chi connectivity index (χ4v) is 0.501. The van der Waals surface area contributed by atoms with Crippen LogP contribution in [-0.2, 0) is 4.74 Å². The van der Waals surface area contributed by atoms with E-state index in [0.29, 0.717) is 7.11 Å². The second-order valence-electron chi connectivity index (χ2n) is 2.32. The van der Waals surface area contributed by atoms with Gasteiger partial charge in [0.05, 0.1) is 7.11 Å². The molecule has 0 bridgehead atoms. The van der Waals surface area contributed by atoms with Gasteiger partial charge < -0.3 is 9.84 Å². The number of halogens is 6. The zero-order chi connectivity index (χ0) is 12.5. The smallest absolute Gasteiger partial charge is 0.446 e. The number of hydrogen-bond acceptors (Lipinski definition) is 3. The van der Waals surface area contributed by atoms with Gasteiger partial charge in [-0.05, 0) is 0 Å². The first kappa shape index (κ1) is 13.8. The van der Waals surface area contributed by atoms with Crippen molar-refractivity contribution in [3.63, 3.8) is 0 Å². The van der Waals surface area contributed by atoms with Gasteiger partial charge in [-0.15, -0.1) is 0 Å². The number of rotatable bonds is 1. The molecule has 0 aliphatic heterocycles. The third-order valence-corrected chi connectivity index (χ3v) is 1.29. The van der Waals surface area contributed by atoms with Crippen LogP contribution in [0.3, 0.4) is 0 Å². The standard InChI is InChI=1S/C5H5F6NO3/c1-15-2(13)12-3(14,4(6,7)8)5(9,10)11/h14H,1H3,(H,12,13). The Morgan fingerprint density at radius 3 is 1.67 bits per heavy atom. The van der Waals surface area contributed by atoms with E-state index in [9.17, 15) is 31.1 Å². The molecule has 90 valence electrons. The van der Waals surface area contributed by atoms with Crippen molar-refractivity contribution >= 4 is 6.09 Å². The summed E-state index contributed by atoms with van der Waals surface area (Å²) >= 11 is 0. The molecule has 1 amide bonds. The average Bonchev–Trinajstić information content (AvgIpc) is 1.99. The summed E-state index contributed by atoms with van der Waals surface area (Å²) in [4.78, 5) is 10.2. The van der Waals surface area contributed by atoms with Gasteiger partial charge in [0.25, 0.3) is 0 Å². The number of carbonyl (C=O) groups is 1. The van der Waals surface area contributed by atoms with Crippen molar-refractivity contribution in [3.05, 3.63) is 0 Å². The first-order valence-electron chi connectivity index (χ1n) is 3.17. The van der Waals surface area contributed by atoms with Crippen LogP contribution < -0.4 is 5.32 Å². The van der Waals surface area contributed by atoms with Gasteiger partial charge in [-0.1, -0.05) is 0 Å². The number of carbonyl (C=O) groups excluding carboxylic acids is 1. The van der Waals surface area contributed by atoms with E-state index in [-0.39, 0.29) is 5.32 Å². The highest BCUT2D eigenvalue weighted by Gasteiger charge is 2.72. The lowest BCUT2D eigenvalue weighted by atomic mass is 10.2. The lowest BCUT2D eigenvalue weighted by molar-refractivity contribution is -0.375. The Morgan fingerprint density at radius 2 is 1.47 bits per heavy atom. The number of methoxy groups -OCH3 is 1. The Balaban J connectivity index is 5.15. The van der Waals surface area contributed by atoms with Crippen molar-refractivity contribution in [2.24, 2.45) is 0 Å². The maximum atomic E-state index is 11.9. The molecule has 0 fully saturated rings. The van der Waals surface area contributed by atoms with Crippen molar-refractivity contribution in [1.82, 2.24) is 5.32 Å². The molecule has 0 aromatic heterocycles. The molecule has 0 saturated heterocycles. The minimum Gasteiger partial charge on any atom is -0.453 e. The largest absolute Gasteiger partial charge is 0.453 e. The lowest BCUT2D eigenvalue weighted by Crippen LogP contribution is -2.67. The van der Waals surface area contributed by atoms with Gasteiger partial charge in [0.2, 0.25) is 0 Å². The van der Waals surface area contributed by atoms with Crippen molar-refractivity contribution in [1.29, 1.82) is 0 Å². The third-order valence-electron chi connectivity index (χ3n) is 1.29. The van der Waals surface area contributed by atoms with Gasteiger partial charge >= 0.3 is 24.2 Å². The fraction of sp³-hybridized carbons (Fsp3) is 0.800. The molecule has 0 aliphatic carbocycles. The topological polar surface area (TPSA) is 58.6 Å². The van der Waals surface area contributed by atoms with E-state index in [2.05, 4.69) is 4.74 Å². The number of hydrogen-bond donors (Lipinski definition) is 2. The van der Waals surface area contributed by atoms with Crippen LogP contribution >= 0.6 is 0 Å². The van der Waals surface area contributed by atoms with Crippen LogP contribution in [-0.4, -0.2) is 36.4 Å². The maximum Gasteiger partial charge on any atom is 0.446 e. The van der Waals surface area contributed by atoms with Crippen molar-refractivity contribution in [3.8, 4) is 0 Å². The number of nitrogens with one attached hydrogen (secondary N) is 1. The monoisotopic (exact) mass is 241 g/mol. The molecule has 0 rings (SSSR count). The third kappa shape index (κ3) is 2.64. The van der Waals surface area contributed by atoms with Gasteiger partial charge in [0.1, 0.15) is 0 Å². The molecule has 15 heavy (non-hydrogen) atoms. The summed E-state index contributed by atoms with van der Waals surface area (Å²) in [5, 5.41) is 8.59. The Labute approximate surface area is 78.8 Å². The summed E-state index contributed by atoms with van der Waals surface area (Å²) < 4.78 is 74.7. The molecule has 0 unspecified atom stereocenters. The van der Waals surface area contributed by atoms with Crippen molar-refractivity contribution < 1.29 is 41.0 Å². The molecule has 0 aromatic carbocycles. The first-order valence-corrected chi connectivity index (χ1v) is 3.17. The Kier molecular flexibility index (Phi) is 3.46. The van der Waals surface area contributed by atoms with Crippen molar-refractivity contribution in [2.75, 3.05) is 7.11 Å². The van der Waals surface area contributed by atoms with Crippen LogP contribution in [0.1, 0.15) is 0 Å². The summed E-state index contributed by atoms with van der Waals surface area (Å²) in [5.41, 5.74) is -5.33. The summed E-state index contributed by atoms with van der Waals surface area (Å²) in [7, 11) is 0.544. The van der Waals surface area contributed by atoms with E-state index >= 15 is 0 Å². The number of alkyl halides is 6. The summed E-state index contributed by atoms with van der Waals surface area (Å²) in [6.07, 6.45) is -14.3. The van der Waals surface area contributed by atoms with Gasteiger partial charge in [-0.3, -0.25) is 5.32 Å². The highest BCUT2D eigenvalue weighted by Crippen LogP contribution is 2.40. The molecule has 0 atom stereocenters. The highest BCUT2D eigenvalue weighted by molar-refractivity contribution is 5.68. The summed E-state index contributed by atoms with van der Waals surface area (Å²) in [5.74, 6) is 0. The van der Waals surface area contributed by atoms with E-state index in [4.69, 9.17) is 5.11 Å². The van der Waals surface area contributed by atoms with Crippen molar-refractivity contribution in [2.45, 2.75) is 18.1 Å². The Morgan fingerprint density at radius 1 is 1.13 bits per heavy atom. The summed E-state index contributed by atoms with van der Waals surface area (Å²) in [6, 6.07) is 0. The van der Waals surface area contributed by atoms with Crippen LogP contribution in [0.2, 0.25) is 0 Å². The number of aliphatic hydroxyl groups is 1. The first-order chi connectivity index (χ1) is 6.45. The lowest BCUT2D eigenvalue weighted by Gasteiger charge is -2.31. The zero-order valence-corrected chi connectivity index (χ0v) is 7.03. The Hall–Kier alpha value is -1.19. The van der Waals surface area contributed by atoms with E-state index in [0.717, 1.165) is 0 Å². The minimum absolute atomic E-state index is 0.267. The van der Waals surface area contributed by atoms with Crippen LogP contribution in [0, 0.1) is 0 Å². The molecule has 0 radical (unpaired) electrons. The molecule has 0 heterocycles. The van der Waals surface area contributed by atoms with E-state index < -0.39 is 24.2 Å². The number of ether oxygens (including phenoxy) is 1. The predicted molar refractivity (Wildman–Crippen MR) is 32.6 cm³/mol. The molecule has 2 N–H and O–H groups in total. The van der Waals surface area contributed by atoms with E-state index in [1.807, 2.05) is 0 Å². The molecule has 0 aromatic rings. The molecule has 0 saturated carbocycles. The van der Waals surface area contributed by atoms with Crippen LogP contribution in [0.25, 0.3) is 0 Å². The minimum atomic E-state index is -6.11. The molecule has 4 nitrogen and oxygen atoms in total. The molecule has 10 heteroatoms. The highest BCUT2D eigenvalue weighted by atomic mass is 19.4. The summed E-state index contributed by atoms with van der Waals surface area (Å²) in [6.45, 7) is 0. The molecular weight excluding hydrogens is 236 g/mol. The fourth-order valence-electron chi connectivity index (χ4n) is 0.501. The van der Waals surface area contributed by atoms with Gasteiger partial charge in [-0.2, -0.15) is 26.3 Å². The molecule has 0 aliphatic rings. The second kappa shape index (κ2) is 3.76. The number of amides is 1. The van der Waals surface area contributed by atoms with Gasteiger partial charge in [-0.25, -0.2) is 4.79 Å². The predicted octanol–water partition coefficient (Wildman–Crippen LogP) is 1.16. The van der Waals surface area contributed by atoms with Gasteiger partial charge in [0, 0.05) is 0 Å².